The van der Waals surface area contributed by atoms with Gasteiger partial charge in [0.05, 0.1) is 11.1 Å². The fourth-order valence-electron chi connectivity index (χ4n) is 1.61. The predicted molar refractivity (Wildman–Crippen MR) is 62.1 cm³/mol. The molecule has 0 fully saturated rings. The van der Waals surface area contributed by atoms with Crippen LogP contribution in [0.3, 0.4) is 0 Å². The van der Waals surface area contributed by atoms with Crippen molar-refractivity contribution in [2.75, 3.05) is 6.61 Å². The number of aliphatic hydroxyl groups is 1. The van der Waals surface area contributed by atoms with E-state index in [1.807, 2.05) is 20.8 Å². The molecule has 0 aromatic carbocycles. The van der Waals surface area contributed by atoms with Gasteiger partial charge in [-0.05, 0) is 27.2 Å². The third-order valence-corrected chi connectivity index (χ3v) is 2.61. The van der Waals surface area contributed by atoms with Gasteiger partial charge in [0, 0.05) is 5.57 Å². The van der Waals surface area contributed by atoms with E-state index >= 15 is 0 Å². The van der Waals surface area contributed by atoms with Gasteiger partial charge in [-0.3, -0.25) is 0 Å². The van der Waals surface area contributed by atoms with Gasteiger partial charge >= 0.3 is 0 Å². The minimum absolute atomic E-state index is 0.194. The maximum Gasteiger partial charge on any atom is 0.214 e. The smallest absolute Gasteiger partial charge is 0.214 e. The first-order chi connectivity index (χ1) is 6.78. The SMILES string of the molecule is C=C(C1=NC(C)(C)CO1)C(C)(O)CCC. The van der Waals surface area contributed by atoms with Crippen LogP contribution in [0, 0.1) is 0 Å². The van der Waals surface area contributed by atoms with Crippen LogP contribution < -0.4 is 0 Å². The largest absolute Gasteiger partial charge is 0.475 e. The van der Waals surface area contributed by atoms with Gasteiger partial charge < -0.3 is 9.84 Å². The zero-order chi connectivity index (χ0) is 11.7. The molecule has 0 radical (unpaired) electrons. The Hall–Kier alpha value is -0.830. The summed E-state index contributed by atoms with van der Waals surface area (Å²) in [6.45, 7) is 12.2. The van der Waals surface area contributed by atoms with E-state index in [9.17, 15) is 5.11 Å². The van der Waals surface area contributed by atoms with Crippen LogP contribution in [-0.2, 0) is 4.74 Å². The Kier molecular flexibility index (Phi) is 3.24. The fourth-order valence-corrected chi connectivity index (χ4v) is 1.61. The van der Waals surface area contributed by atoms with Crippen LogP contribution in [0.15, 0.2) is 17.1 Å². The van der Waals surface area contributed by atoms with Crippen molar-refractivity contribution in [2.45, 2.75) is 51.7 Å². The molecule has 0 bridgehead atoms. The molecule has 0 aliphatic carbocycles. The first-order valence-corrected chi connectivity index (χ1v) is 5.43. The number of aliphatic imine (C=N–C) groups is 1. The lowest BCUT2D eigenvalue weighted by Gasteiger charge is -2.24. The fraction of sp³-hybridized carbons (Fsp3) is 0.750. The highest BCUT2D eigenvalue weighted by molar-refractivity contribution is 5.96. The Morgan fingerprint density at radius 2 is 2.27 bits per heavy atom. The molecule has 86 valence electrons. The second-order valence-electron chi connectivity index (χ2n) is 5.02. The van der Waals surface area contributed by atoms with Crippen molar-refractivity contribution < 1.29 is 9.84 Å². The summed E-state index contributed by atoms with van der Waals surface area (Å²) in [5.74, 6) is 0.512. The second kappa shape index (κ2) is 3.97. The first kappa shape index (κ1) is 12.2. The van der Waals surface area contributed by atoms with Gasteiger partial charge in [-0.15, -0.1) is 0 Å². The van der Waals surface area contributed by atoms with Crippen molar-refractivity contribution in [1.82, 2.24) is 0 Å². The van der Waals surface area contributed by atoms with Crippen LogP contribution in [0.25, 0.3) is 0 Å². The maximum absolute atomic E-state index is 10.2. The normalized spacial score (nSPS) is 22.9. The zero-order valence-corrected chi connectivity index (χ0v) is 10.1. The van der Waals surface area contributed by atoms with Gasteiger partial charge in [-0.1, -0.05) is 19.9 Å². The number of nitrogens with zero attached hydrogens (tertiary/aromatic N) is 1. The van der Waals surface area contributed by atoms with E-state index in [2.05, 4.69) is 11.6 Å². The minimum Gasteiger partial charge on any atom is -0.475 e. The molecule has 1 atom stereocenters. The van der Waals surface area contributed by atoms with Crippen LogP contribution in [0.4, 0.5) is 0 Å². The van der Waals surface area contributed by atoms with Crippen LogP contribution in [0.5, 0.6) is 0 Å². The average Bonchev–Trinajstić information content (AvgIpc) is 2.44. The van der Waals surface area contributed by atoms with E-state index in [-0.39, 0.29) is 5.54 Å². The molecule has 0 aromatic rings. The lowest BCUT2D eigenvalue weighted by Crippen LogP contribution is -2.30. The number of hydrogen-bond acceptors (Lipinski definition) is 3. The van der Waals surface area contributed by atoms with E-state index in [4.69, 9.17) is 4.74 Å². The van der Waals surface area contributed by atoms with Crippen molar-refractivity contribution in [3.8, 4) is 0 Å². The van der Waals surface area contributed by atoms with Crippen molar-refractivity contribution in [1.29, 1.82) is 0 Å². The molecule has 3 nitrogen and oxygen atoms in total. The van der Waals surface area contributed by atoms with Crippen molar-refractivity contribution >= 4 is 5.90 Å². The van der Waals surface area contributed by atoms with E-state index in [1.54, 1.807) is 6.92 Å². The number of rotatable bonds is 4. The third kappa shape index (κ3) is 2.81. The lowest BCUT2D eigenvalue weighted by atomic mass is 9.92. The Balaban J connectivity index is 2.78. The van der Waals surface area contributed by atoms with Gasteiger partial charge in [0.15, 0.2) is 0 Å². The summed E-state index contributed by atoms with van der Waals surface area (Å²) in [4.78, 5) is 4.40. The van der Waals surface area contributed by atoms with Crippen LogP contribution >= 0.6 is 0 Å². The highest BCUT2D eigenvalue weighted by Gasteiger charge is 2.34. The summed E-state index contributed by atoms with van der Waals surface area (Å²) in [5, 5.41) is 10.2. The summed E-state index contributed by atoms with van der Waals surface area (Å²) in [6.07, 6.45) is 1.58. The molecule has 1 aliphatic heterocycles. The molecule has 15 heavy (non-hydrogen) atoms. The minimum atomic E-state index is -0.909. The molecule has 1 N–H and O–H groups in total. The molecule has 1 unspecified atom stereocenters. The standard InChI is InChI=1S/C12H21NO2/c1-6-7-12(5,14)9(2)10-13-11(3,4)8-15-10/h14H,2,6-8H2,1,3-5H3. The second-order valence-corrected chi connectivity index (χ2v) is 5.02. The molecule has 1 heterocycles. The molecule has 0 aromatic heterocycles. The van der Waals surface area contributed by atoms with Crippen molar-refractivity contribution in [3.05, 3.63) is 12.2 Å². The van der Waals surface area contributed by atoms with E-state index < -0.39 is 5.60 Å². The summed E-state index contributed by atoms with van der Waals surface area (Å²) < 4.78 is 5.45. The van der Waals surface area contributed by atoms with Gasteiger partial charge in [0.2, 0.25) is 5.90 Å². The average molecular weight is 211 g/mol. The highest BCUT2D eigenvalue weighted by atomic mass is 16.5. The molecular formula is C12H21NO2. The number of hydrogen-bond donors (Lipinski definition) is 1. The number of ether oxygens (including phenoxy) is 1. The van der Waals surface area contributed by atoms with Gasteiger partial charge in [-0.2, -0.15) is 0 Å². The van der Waals surface area contributed by atoms with Gasteiger partial charge in [-0.25, -0.2) is 4.99 Å². The van der Waals surface area contributed by atoms with Crippen molar-refractivity contribution in [3.63, 3.8) is 0 Å². The Labute approximate surface area is 91.9 Å². The maximum atomic E-state index is 10.2. The van der Waals surface area contributed by atoms with E-state index in [1.165, 1.54) is 0 Å². The van der Waals surface area contributed by atoms with Crippen LogP contribution in [0.1, 0.15) is 40.5 Å². The Morgan fingerprint density at radius 1 is 1.67 bits per heavy atom. The molecule has 3 heteroatoms. The zero-order valence-electron chi connectivity index (χ0n) is 10.1. The van der Waals surface area contributed by atoms with Gasteiger partial charge in [0.25, 0.3) is 0 Å². The lowest BCUT2D eigenvalue weighted by molar-refractivity contribution is 0.0915. The Bertz CT molecular complexity index is 290. The summed E-state index contributed by atoms with van der Waals surface area (Å²) >= 11 is 0. The molecular weight excluding hydrogens is 190 g/mol. The van der Waals surface area contributed by atoms with Gasteiger partial charge in [0.1, 0.15) is 6.61 Å². The molecule has 1 aliphatic rings. The summed E-state index contributed by atoms with van der Waals surface area (Å²) in [5.41, 5.74) is -0.510. The van der Waals surface area contributed by atoms with E-state index in [0.717, 1.165) is 6.42 Å². The highest BCUT2D eigenvalue weighted by Crippen LogP contribution is 2.27. The molecule has 0 amide bonds. The molecule has 0 spiro atoms. The Morgan fingerprint density at radius 3 is 2.67 bits per heavy atom. The molecule has 0 saturated heterocycles. The third-order valence-electron chi connectivity index (χ3n) is 2.61. The molecule has 1 rings (SSSR count). The monoisotopic (exact) mass is 211 g/mol. The van der Waals surface area contributed by atoms with Crippen molar-refractivity contribution in [2.24, 2.45) is 4.99 Å². The van der Waals surface area contributed by atoms with Crippen LogP contribution in [0.2, 0.25) is 0 Å². The van der Waals surface area contributed by atoms with Crippen LogP contribution in [-0.4, -0.2) is 28.8 Å². The van der Waals surface area contributed by atoms with E-state index in [0.29, 0.717) is 24.5 Å². The quantitative estimate of drug-likeness (QED) is 0.775. The molecule has 0 saturated carbocycles. The summed E-state index contributed by atoms with van der Waals surface area (Å²) in [7, 11) is 0. The predicted octanol–water partition coefficient (Wildman–Crippen LogP) is 2.30. The first-order valence-electron chi connectivity index (χ1n) is 5.43. The summed E-state index contributed by atoms with van der Waals surface area (Å²) in [6, 6.07) is 0. The topological polar surface area (TPSA) is 41.8 Å².